The summed E-state index contributed by atoms with van der Waals surface area (Å²) in [6.45, 7) is 4.09. The van der Waals surface area contributed by atoms with Crippen molar-refractivity contribution >= 4 is 23.5 Å². The fourth-order valence-electron chi connectivity index (χ4n) is 2.70. The lowest BCUT2D eigenvalue weighted by Gasteiger charge is -2.12. The van der Waals surface area contributed by atoms with E-state index < -0.39 is 0 Å². The van der Waals surface area contributed by atoms with Crippen LogP contribution in [0.3, 0.4) is 0 Å². The first kappa shape index (κ1) is 16.6. The molecular formula is C19H18N2O2. The smallest absolute Gasteiger partial charge is 0.211 e. The summed E-state index contributed by atoms with van der Waals surface area (Å²) < 4.78 is 0. The van der Waals surface area contributed by atoms with Crippen LogP contribution in [0.4, 0.5) is 11.4 Å². The molecule has 2 rings (SSSR count). The molecule has 0 aliphatic carbocycles. The van der Waals surface area contributed by atoms with Crippen LogP contribution in [0.1, 0.15) is 36.1 Å². The predicted octanol–water partition coefficient (Wildman–Crippen LogP) is 4.34. The Balaban J connectivity index is 2.47. The number of para-hydroxylation sites is 1. The minimum Gasteiger partial charge on any atom is -0.211 e. The Bertz CT molecular complexity index is 799. The summed E-state index contributed by atoms with van der Waals surface area (Å²) in [7, 11) is 0. The van der Waals surface area contributed by atoms with Crippen LogP contribution < -0.4 is 0 Å². The van der Waals surface area contributed by atoms with Crippen molar-refractivity contribution in [2.24, 2.45) is 9.98 Å². The molecule has 2 aromatic carbocycles. The fourth-order valence-corrected chi connectivity index (χ4v) is 2.70. The molecule has 0 N–H and O–H groups in total. The van der Waals surface area contributed by atoms with Gasteiger partial charge in [-0.05, 0) is 53.6 Å². The molecule has 0 aromatic heterocycles. The number of hydrogen-bond donors (Lipinski definition) is 0. The van der Waals surface area contributed by atoms with Gasteiger partial charge in [-0.25, -0.2) is 9.59 Å². The normalized spacial score (nSPS) is 9.83. The van der Waals surface area contributed by atoms with Crippen LogP contribution in [0, 0.1) is 0 Å². The van der Waals surface area contributed by atoms with Gasteiger partial charge in [0.1, 0.15) is 0 Å². The van der Waals surface area contributed by atoms with Crippen LogP contribution >= 0.6 is 0 Å². The van der Waals surface area contributed by atoms with Crippen molar-refractivity contribution in [3.8, 4) is 0 Å². The summed E-state index contributed by atoms with van der Waals surface area (Å²) in [5.41, 5.74) is 5.59. The number of aliphatic imine (C=N–C) groups is 2. The molecule has 0 aliphatic heterocycles. The highest BCUT2D eigenvalue weighted by Gasteiger charge is 2.10. The van der Waals surface area contributed by atoms with Gasteiger partial charge < -0.3 is 0 Å². The van der Waals surface area contributed by atoms with E-state index in [0.717, 1.165) is 35.1 Å². The zero-order valence-corrected chi connectivity index (χ0v) is 13.3. The molecule has 0 atom stereocenters. The lowest BCUT2D eigenvalue weighted by Crippen LogP contribution is -1.96. The minimum absolute atomic E-state index is 0.606. The van der Waals surface area contributed by atoms with E-state index in [-0.39, 0.29) is 0 Å². The molecular weight excluding hydrogens is 288 g/mol. The van der Waals surface area contributed by atoms with Crippen molar-refractivity contribution in [1.82, 2.24) is 0 Å². The second kappa shape index (κ2) is 8.00. The molecule has 0 spiro atoms. The van der Waals surface area contributed by atoms with Crippen molar-refractivity contribution in [1.29, 1.82) is 0 Å². The van der Waals surface area contributed by atoms with Crippen LogP contribution in [0.2, 0.25) is 0 Å². The third-order valence-electron chi connectivity index (χ3n) is 3.87. The summed E-state index contributed by atoms with van der Waals surface area (Å²) in [4.78, 5) is 28.7. The molecule has 0 saturated carbocycles. The Labute approximate surface area is 135 Å². The molecule has 0 fully saturated rings. The molecule has 2 aromatic rings. The van der Waals surface area contributed by atoms with E-state index in [9.17, 15) is 9.59 Å². The fraction of sp³-hybridized carbons (Fsp3) is 0.263. The lowest BCUT2D eigenvalue weighted by molar-refractivity contribution is 0.564. The van der Waals surface area contributed by atoms with Crippen molar-refractivity contribution in [2.45, 2.75) is 33.1 Å². The number of hydrogen-bond acceptors (Lipinski definition) is 4. The largest absolute Gasteiger partial charge is 0.240 e. The Kier molecular flexibility index (Phi) is 5.76. The first-order chi connectivity index (χ1) is 11.2. The standard InChI is InChI=1S/C19H18N2O2/c1-3-14-6-5-7-17(19(14)21-13-23)10-16-8-9-18(20-12-22)11-15(16)4-2/h5-9,11H,3-4,10H2,1-2H3. The average Bonchev–Trinajstić information content (AvgIpc) is 2.58. The number of carbonyl (C=O) groups excluding carboxylic acids is 2. The number of isocyanates is 2. The van der Waals surface area contributed by atoms with Crippen molar-refractivity contribution in [3.63, 3.8) is 0 Å². The second-order valence-corrected chi connectivity index (χ2v) is 5.17. The highest BCUT2D eigenvalue weighted by molar-refractivity contribution is 5.60. The molecule has 4 nitrogen and oxygen atoms in total. The molecule has 23 heavy (non-hydrogen) atoms. The zero-order chi connectivity index (χ0) is 16.7. The van der Waals surface area contributed by atoms with Gasteiger partial charge in [0.05, 0.1) is 11.4 Å². The van der Waals surface area contributed by atoms with Crippen LogP contribution in [0.5, 0.6) is 0 Å². The number of benzene rings is 2. The van der Waals surface area contributed by atoms with E-state index in [0.29, 0.717) is 17.8 Å². The lowest BCUT2D eigenvalue weighted by atomic mass is 9.95. The summed E-state index contributed by atoms with van der Waals surface area (Å²) in [5, 5.41) is 0. The average molecular weight is 306 g/mol. The highest BCUT2D eigenvalue weighted by atomic mass is 16.1. The number of nitrogens with zero attached hydrogens (tertiary/aromatic N) is 2. The summed E-state index contributed by atoms with van der Waals surface area (Å²) in [6.07, 6.45) is 5.53. The van der Waals surface area contributed by atoms with E-state index in [4.69, 9.17) is 0 Å². The van der Waals surface area contributed by atoms with E-state index in [1.54, 1.807) is 18.2 Å². The van der Waals surface area contributed by atoms with Gasteiger partial charge in [-0.2, -0.15) is 9.98 Å². The molecule has 116 valence electrons. The quantitative estimate of drug-likeness (QED) is 0.589. The molecule has 0 heterocycles. The van der Waals surface area contributed by atoms with Crippen LogP contribution in [-0.2, 0) is 28.9 Å². The Morgan fingerprint density at radius 2 is 1.52 bits per heavy atom. The van der Waals surface area contributed by atoms with E-state index in [1.165, 1.54) is 0 Å². The van der Waals surface area contributed by atoms with E-state index in [1.807, 2.05) is 37.3 Å². The molecule has 4 heteroatoms. The molecule has 0 aliphatic rings. The van der Waals surface area contributed by atoms with E-state index in [2.05, 4.69) is 16.9 Å². The maximum absolute atomic E-state index is 10.7. The monoisotopic (exact) mass is 306 g/mol. The maximum atomic E-state index is 10.7. The number of aryl methyl sites for hydroxylation is 2. The predicted molar refractivity (Wildman–Crippen MR) is 90.0 cm³/mol. The third-order valence-corrected chi connectivity index (χ3v) is 3.87. The van der Waals surface area contributed by atoms with Gasteiger partial charge in [-0.1, -0.05) is 38.1 Å². The van der Waals surface area contributed by atoms with Crippen LogP contribution in [0.15, 0.2) is 46.4 Å². The molecule has 0 saturated heterocycles. The zero-order valence-electron chi connectivity index (χ0n) is 13.3. The van der Waals surface area contributed by atoms with E-state index >= 15 is 0 Å². The van der Waals surface area contributed by atoms with Crippen molar-refractivity contribution in [3.05, 3.63) is 58.7 Å². The molecule has 0 amide bonds. The van der Waals surface area contributed by atoms with Gasteiger partial charge in [-0.3, -0.25) is 0 Å². The molecule has 0 unspecified atom stereocenters. The Hall–Kier alpha value is -2.80. The Morgan fingerprint density at radius 3 is 2.17 bits per heavy atom. The first-order valence-corrected chi connectivity index (χ1v) is 7.61. The SMILES string of the molecule is CCc1cc(N=C=O)ccc1Cc1cccc(CC)c1N=C=O. The summed E-state index contributed by atoms with van der Waals surface area (Å²) in [5.74, 6) is 0. The molecule has 0 radical (unpaired) electrons. The van der Waals surface area contributed by atoms with Crippen LogP contribution in [-0.4, -0.2) is 12.2 Å². The molecule has 0 bridgehead atoms. The summed E-state index contributed by atoms with van der Waals surface area (Å²) >= 11 is 0. The minimum atomic E-state index is 0.606. The number of rotatable bonds is 6. The third kappa shape index (κ3) is 3.89. The highest BCUT2D eigenvalue weighted by Crippen LogP contribution is 2.29. The topological polar surface area (TPSA) is 58.9 Å². The maximum Gasteiger partial charge on any atom is 0.240 e. The first-order valence-electron chi connectivity index (χ1n) is 7.61. The van der Waals surface area contributed by atoms with Gasteiger partial charge in [0.2, 0.25) is 12.2 Å². The second-order valence-electron chi connectivity index (χ2n) is 5.17. The summed E-state index contributed by atoms with van der Waals surface area (Å²) in [6, 6.07) is 11.6. The van der Waals surface area contributed by atoms with Gasteiger partial charge in [-0.15, -0.1) is 0 Å². The van der Waals surface area contributed by atoms with Gasteiger partial charge in [0, 0.05) is 0 Å². The van der Waals surface area contributed by atoms with Crippen molar-refractivity contribution in [2.75, 3.05) is 0 Å². The van der Waals surface area contributed by atoms with Crippen LogP contribution in [0.25, 0.3) is 0 Å². The van der Waals surface area contributed by atoms with Gasteiger partial charge in [0.25, 0.3) is 0 Å². The van der Waals surface area contributed by atoms with Gasteiger partial charge >= 0.3 is 0 Å². The van der Waals surface area contributed by atoms with Gasteiger partial charge in [0.15, 0.2) is 0 Å². The van der Waals surface area contributed by atoms with Crippen molar-refractivity contribution < 1.29 is 9.59 Å². The Morgan fingerprint density at radius 1 is 0.826 bits per heavy atom.